The van der Waals surface area contributed by atoms with E-state index < -0.39 is 0 Å². The Hall–Kier alpha value is -1.19. The molecule has 1 unspecified atom stereocenters. The van der Waals surface area contributed by atoms with Crippen molar-refractivity contribution < 1.29 is 0 Å². The first kappa shape index (κ1) is 14.2. The molecule has 2 aromatic rings. The molecule has 0 aliphatic heterocycles. The molecule has 0 amide bonds. The Bertz CT molecular complexity index is 523. The summed E-state index contributed by atoms with van der Waals surface area (Å²) in [7, 11) is 2.02. The highest BCUT2D eigenvalue weighted by atomic mass is 79.9. The molecule has 0 saturated heterocycles. The molecule has 1 heterocycles. The van der Waals surface area contributed by atoms with Gasteiger partial charge in [0.25, 0.3) is 0 Å². The third-order valence-electron chi connectivity index (χ3n) is 3.38. The molecule has 0 bridgehead atoms. The largest absolute Gasteiger partial charge is 0.316 e. The van der Waals surface area contributed by atoms with Crippen molar-refractivity contribution in [1.29, 1.82) is 0 Å². The maximum atomic E-state index is 4.44. The van der Waals surface area contributed by atoms with Crippen molar-refractivity contribution in [3.63, 3.8) is 0 Å². The van der Waals surface area contributed by atoms with Gasteiger partial charge in [0, 0.05) is 28.8 Å². The topological polar surface area (TPSA) is 24.9 Å². The van der Waals surface area contributed by atoms with Crippen LogP contribution in [0.5, 0.6) is 0 Å². The standard InChI is InChI=1S/C16H19BrN2/c1-12-5-3-4-6-13(12)9-16(18-2)10-15-8-7-14(17)11-19-15/h3-8,11,16,18H,9-10H2,1-2H3. The summed E-state index contributed by atoms with van der Waals surface area (Å²) < 4.78 is 1.02. The lowest BCUT2D eigenvalue weighted by Crippen LogP contribution is -2.30. The van der Waals surface area contributed by atoms with Gasteiger partial charge in [-0.25, -0.2) is 0 Å². The number of rotatable bonds is 5. The molecule has 1 atom stereocenters. The normalized spacial score (nSPS) is 12.4. The van der Waals surface area contributed by atoms with Crippen LogP contribution in [0.4, 0.5) is 0 Å². The van der Waals surface area contributed by atoms with Crippen LogP contribution in [0.3, 0.4) is 0 Å². The van der Waals surface area contributed by atoms with Gasteiger partial charge in [-0.05, 0) is 59.6 Å². The molecule has 0 aliphatic carbocycles. The highest BCUT2D eigenvalue weighted by Gasteiger charge is 2.10. The summed E-state index contributed by atoms with van der Waals surface area (Å²) in [6.45, 7) is 2.17. The number of halogens is 1. The van der Waals surface area contributed by atoms with E-state index in [1.165, 1.54) is 11.1 Å². The minimum Gasteiger partial charge on any atom is -0.316 e. The van der Waals surface area contributed by atoms with Crippen LogP contribution in [0, 0.1) is 6.92 Å². The van der Waals surface area contributed by atoms with E-state index in [1.807, 2.05) is 19.3 Å². The maximum absolute atomic E-state index is 4.44. The Morgan fingerprint density at radius 1 is 1.16 bits per heavy atom. The Morgan fingerprint density at radius 2 is 1.95 bits per heavy atom. The lowest BCUT2D eigenvalue weighted by molar-refractivity contribution is 0.549. The van der Waals surface area contributed by atoms with E-state index in [4.69, 9.17) is 0 Å². The van der Waals surface area contributed by atoms with Crippen LogP contribution >= 0.6 is 15.9 Å². The van der Waals surface area contributed by atoms with Crippen molar-refractivity contribution >= 4 is 15.9 Å². The van der Waals surface area contributed by atoms with Crippen molar-refractivity contribution in [2.24, 2.45) is 0 Å². The Morgan fingerprint density at radius 3 is 2.58 bits per heavy atom. The maximum Gasteiger partial charge on any atom is 0.0420 e. The molecular formula is C16H19BrN2. The number of aromatic nitrogens is 1. The molecule has 3 heteroatoms. The van der Waals surface area contributed by atoms with Crippen LogP contribution < -0.4 is 5.32 Å². The van der Waals surface area contributed by atoms with Crippen molar-refractivity contribution in [2.45, 2.75) is 25.8 Å². The van der Waals surface area contributed by atoms with E-state index in [1.54, 1.807) is 0 Å². The fraction of sp³-hybridized carbons (Fsp3) is 0.312. The van der Waals surface area contributed by atoms with E-state index >= 15 is 0 Å². The van der Waals surface area contributed by atoms with Gasteiger partial charge in [0.2, 0.25) is 0 Å². The first-order chi connectivity index (χ1) is 9.19. The molecule has 19 heavy (non-hydrogen) atoms. The van der Waals surface area contributed by atoms with Crippen LogP contribution in [0.2, 0.25) is 0 Å². The van der Waals surface area contributed by atoms with Crippen molar-refractivity contribution in [3.05, 3.63) is 63.9 Å². The van der Waals surface area contributed by atoms with Crippen LogP contribution in [-0.4, -0.2) is 18.1 Å². The molecule has 0 radical (unpaired) electrons. The predicted octanol–water partition coefficient (Wildman–Crippen LogP) is 3.53. The molecule has 0 aliphatic rings. The summed E-state index contributed by atoms with van der Waals surface area (Å²) in [4.78, 5) is 4.44. The zero-order valence-corrected chi connectivity index (χ0v) is 12.9. The second kappa shape index (κ2) is 6.83. The lowest BCUT2D eigenvalue weighted by Gasteiger charge is -2.17. The molecule has 1 N–H and O–H groups in total. The van der Waals surface area contributed by atoms with Gasteiger partial charge in [0.05, 0.1) is 0 Å². The van der Waals surface area contributed by atoms with E-state index in [2.05, 4.69) is 63.5 Å². The van der Waals surface area contributed by atoms with E-state index in [0.29, 0.717) is 6.04 Å². The van der Waals surface area contributed by atoms with Crippen molar-refractivity contribution in [3.8, 4) is 0 Å². The zero-order valence-electron chi connectivity index (χ0n) is 11.4. The number of likely N-dealkylation sites (N-methyl/N-ethyl adjacent to an activating group) is 1. The van der Waals surface area contributed by atoms with Crippen molar-refractivity contribution in [2.75, 3.05) is 7.05 Å². The number of aryl methyl sites for hydroxylation is 1. The van der Waals surface area contributed by atoms with Crippen molar-refractivity contribution in [1.82, 2.24) is 10.3 Å². The minimum absolute atomic E-state index is 0.412. The monoisotopic (exact) mass is 318 g/mol. The van der Waals surface area contributed by atoms with Crippen LogP contribution in [0.25, 0.3) is 0 Å². The van der Waals surface area contributed by atoms with E-state index in [0.717, 1.165) is 23.0 Å². The fourth-order valence-corrected chi connectivity index (χ4v) is 2.40. The van der Waals surface area contributed by atoms with Gasteiger partial charge < -0.3 is 5.32 Å². The first-order valence-corrected chi connectivity index (χ1v) is 7.30. The summed E-state index contributed by atoms with van der Waals surface area (Å²) in [5, 5.41) is 3.39. The Labute approximate surface area is 123 Å². The van der Waals surface area contributed by atoms with Gasteiger partial charge >= 0.3 is 0 Å². The second-order valence-electron chi connectivity index (χ2n) is 4.79. The quantitative estimate of drug-likeness (QED) is 0.912. The summed E-state index contributed by atoms with van der Waals surface area (Å²) in [6, 6.07) is 13.1. The smallest absolute Gasteiger partial charge is 0.0420 e. The minimum atomic E-state index is 0.412. The van der Waals surface area contributed by atoms with Gasteiger partial charge in [0.15, 0.2) is 0 Å². The van der Waals surface area contributed by atoms with Gasteiger partial charge in [-0.15, -0.1) is 0 Å². The van der Waals surface area contributed by atoms with Crippen LogP contribution in [0.15, 0.2) is 47.1 Å². The molecule has 100 valence electrons. The summed E-state index contributed by atoms with van der Waals surface area (Å²) >= 11 is 3.41. The average Bonchev–Trinajstić information content (AvgIpc) is 2.43. The fourth-order valence-electron chi connectivity index (χ4n) is 2.16. The number of benzene rings is 1. The van der Waals surface area contributed by atoms with E-state index in [-0.39, 0.29) is 0 Å². The molecular weight excluding hydrogens is 300 g/mol. The van der Waals surface area contributed by atoms with Gasteiger partial charge in [-0.3, -0.25) is 4.98 Å². The van der Waals surface area contributed by atoms with Gasteiger partial charge in [-0.2, -0.15) is 0 Å². The number of nitrogens with one attached hydrogen (secondary N) is 1. The lowest BCUT2D eigenvalue weighted by atomic mass is 9.98. The Kier molecular flexibility index (Phi) is 5.11. The third-order valence-corrected chi connectivity index (χ3v) is 3.85. The molecule has 2 nitrogen and oxygen atoms in total. The predicted molar refractivity (Wildman–Crippen MR) is 83.4 cm³/mol. The Balaban J connectivity index is 2.05. The molecule has 1 aromatic heterocycles. The number of hydrogen-bond donors (Lipinski definition) is 1. The highest BCUT2D eigenvalue weighted by molar-refractivity contribution is 9.10. The number of nitrogens with zero attached hydrogens (tertiary/aromatic N) is 1. The summed E-state index contributed by atoms with van der Waals surface area (Å²) in [5.41, 5.74) is 3.88. The second-order valence-corrected chi connectivity index (χ2v) is 5.70. The van der Waals surface area contributed by atoms with Crippen LogP contribution in [0.1, 0.15) is 16.8 Å². The SMILES string of the molecule is CNC(Cc1ccc(Br)cn1)Cc1ccccc1C. The number of pyridine rings is 1. The first-order valence-electron chi connectivity index (χ1n) is 6.51. The number of hydrogen-bond acceptors (Lipinski definition) is 2. The molecule has 2 rings (SSSR count). The summed E-state index contributed by atoms with van der Waals surface area (Å²) in [6.07, 6.45) is 3.83. The summed E-state index contributed by atoms with van der Waals surface area (Å²) in [5.74, 6) is 0. The van der Waals surface area contributed by atoms with E-state index in [9.17, 15) is 0 Å². The highest BCUT2D eigenvalue weighted by Crippen LogP contribution is 2.13. The molecule has 1 aromatic carbocycles. The molecule has 0 spiro atoms. The average molecular weight is 319 g/mol. The third kappa shape index (κ3) is 4.15. The van der Waals surface area contributed by atoms with Gasteiger partial charge in [0.1, 0.15) is 0 Å². The van der Waals surface area contributed by atoms with Crippen LogP contribution in [-0.2, 0) is 12.8 Å². The zero-order chi connectivity index (χ0) is 13.7. The molecule has 0 fully saturated rings. The molecule has 0 saturated carbocycles. The van der Waals surface area contributed by atoms with Gasteiger partial charge in [-0.1, -0.05) is 24.3 Å².